The Morgan fingerprint density at radius 1 is 1.29 bits per heavy atom. The van der Waals surface area contributed by atoms with Crippen LogP contribution in [-0.2, 0) is 0 Å². The molecule has 0 heterocycles. The number of benzene rings is 1. The SMILES string of the molecule is COc1cccc([C@@H](C)NC(C)C(C)(C)O)c1. The van der Waals surface area contributed by atoms with Crippen LogP contribution in [0.25, 0.3) is 0 Å². The van der Waals surface area contributed by atoms with Crippen LogP contribution in [0.15, 0.2) is 24.3 Å². The van der Waals surface area contributed by atoms with Gasteiger partial charge in [-0.3, -0.25) is 0 Å². The highest BCUT2D eigenvalue weighted by Crippen LogP contribution is 2.20. The molecular weight excluding hydrogens is 214 g/mol. The molecule has 3 heteroatoms. The first-order valence-corrected chi connectivity index (χ1v) is 5.97. The van der Waals surface area contributed by atoms with Crippen LogP contribution in [0.2, 0.25) is 0 Å². The van der Waals surface area contributed by atoms with Crippen molar-refractivity contribution in [1.29, 1.82) is 0 Å². The molecule has 0 aromatic heterocycles. The number of hydrogen-bond donors (Lipinski definition) is 2. The molecule has 0 fully saturated rings. The number of ether oxygens (including phenoxy) is 1. The van der Waals surface area contributed by atoms with Crippen molar-refractivity contribution < 1.29 is 9.84 Å². The Bertz CT molecular complexity index is 357. The second-order valence-corrected chi connectivity index (χ2v) is 5.04. The third kappa shape index (κ3) is 4.02. The van der Waals surface area contributed by atoms with Crippen LogP contribution in [0.3, 0.4) is 0 Å². The summed E-state index contributed by atoms with van der Waals surface area (Å²) in [5.41, 5.74) is 0.424. The monoisotopic (exact) mass is 237 g/mol. The summed E-state index contributed by atoms with van der Waals surface area (Å²) in [6.45, 7) is 7.68. The minimum atomic E-state index is -0.729. The Labute approximate surface area is 104 Å². The fourth-order valence-electron chi connectivity index (χ4n) is 1.59. The normalized spacial score (nSPS) is 15.4. The first-order valence-electron chi connectivity index (χ1n) is 5.97. The lowest BCUT2D eigenvalue weighted by Gasteiger charge is -2.30. The zero-order chi connectivity index (χ0) is 13.1. The molecule has 2 N–H and O–H groups in total. The van der Waals surface area contributed by atoms with Crippen LogP contribution in [0.1, 0.15) is 39.3 Å². The largest absolute Gasteiger partial charge is 0.497 e. The Morgan fingerprint density at radius 3 is 2.47 bits per heavy atom. The lowest BCUT2D eigenvalue weighted by Crippen LogP contribution is -2.45. The zero-order valence-electron chi connectivity index (χ0n) is 11.3. The molecule has 0 amide bonds. The first-order chi connectivity index (χ1) is 7.84. The summed E-state index contributed by atoms with van der Waals surface area (Å²) in [5.74, 6) is 0.854. The second-order valence-electron chi connectivity index (χ2n) is 5.04. The molecule has 0 radical (unpaired) electrons. The van der Waals surface area contributed by atoms with Crippen LogP contribution < -0.4 is 10.1 Å². The van der Waals surface area contributed by atoms with Crippen LogP contribution in [0, 0.1) is 0 Å². The summed E-state index contributed by atoms with van der Waals surface area (Å²) in [6.07, 6.45) is 0. The van der Waals surface area contributed by atoms with E-state index in [1.165, 1.54) is 0 Å². The Hall–Kier alpha value is -1.06. The highest BCUT2D eigenvalue weighted by atomic mass is 16.5. The predicted octanol–water partition coefficient (Wildman–Crippen LogP) is 2.51. The van der Waals surface area contributed by atoms with Crippen molar-refractivity contribution in [3.63, 3.8) is 0 Å². The summed E-state index contributed by atoms with van der Waals surface area (Å²) in [6, 6.07) is 8.15. The average Bonchev–Trinajstić information content (AvgIpc) is 2.27. The molecule has 3 nitrogen and oxygen atoms in total. The van der Waals surface area contributed by atoms with E-state index in [0.717, 1.165) is 11.3 Å². The summed E-state index contributed by atoms with van der Waals surface area (Å²) in [4.78, 5) is 0. The standard InChI is InChI=1S/C14H23NO2/c1-10(15-11(2)14(3,4)16)12-7-6-8-13(9-12)17-5/h6-11,15-16H,1-5H3/t10-,11?/m1/s1. The fraction of sp³-hybridized carbons (Fsp3) is 0.571. The van der Waals surface area contributed by atoms with Gasteiger partial charge in [-0.1, -0.05) is 12.1 Å². The molecular formula is C14H23NO2. The minimum Gasteiger partial charge on any atom is -0.497 e. The highest BCUT2D eigenvalue weighted by molar-refractivity contribution is 5.30. The minimum absolute atomic E-state index is 0.0173. The Morgan fingerprint density at radius 2 is 1.94 bits per heavy atom. The van der Waals surface area contributed by atoms with Crippen molar-refractivity contribution in [3.8, 4) is 5.75 Å². The smallest absolute Gasteiger partial charge is 0.119 e. The van der Waals surface area contributed by atoms with Crippen molar-refractivity contribution in [2.75, 3.05) is 7.11 Å². The quantitative estimate of drug-likeness (QED) is 0.826. The van der Waals surface area contributed by atoms with E-state index in [4.69, 9.17) is 4.74 Å². The molecule has 96 valence electrons. The van der Waals surface area contributed by atoms with Crippen molar-refractivity contribution >= 4 is 0 Å². The molecule has 17 heavy (non-hydrogen) atoms. The maximum absolute atomic E-state index is 9.90. The Kier molecular flexibility index (Phi) is 4.54. The highest BCUT2D eigenvalue weighted by Gasteiger charge is 2.23. The van der Waals surface area contributed by atoms with E-state index in [-0.39, 0.29) is 12.1 Å². The van der Waals surface area contributed by atoms with Crippen LogP contribution >= 0.6 is 0 Å². The molecule has 2 atom stereocenters. The summed E-state index contributed by atoms with van der Waals surface area (Å²) in [7, 11) is 1.66. The predicted molar refractivity (Wildman–Crippen MR) is 70.3 cm³/mol. The van der Waals surface area contributed by atoms with Crippen molar-refractivity contribution in [3.05, 3.63) is 29.8 Å². The van der Waals surface area contributed by atoms with Gasteiger partial charge >= 0.3 is 0 Å². The van der Waals surface area contributed by atoms with Gasteiger partial charge in [0.2, 0.25) is 0 Å². The van der Waals surface area contributed by atoms with E-state index in [1.807, 2.05) is 39.0 Å². The van der Waals surface area contributed by atoms with Crippen molar-refractivity contribution in [1.82, 2.24) is 5.32 Å². The molecule has 0 aliphatic carbocycles. The van der Waals surface area contributed by atoms with E-state index in [2.05, 4.69) is 18.3 Å². The molecule has 0 saturated carbocycles. The maximum atomic E-state index is 9.90. The van der Waals surface area contributed by atoms with Gasteiger partial charge in [-0.05, 0) is 45.4 Å². The fourth-order valence-corrected chi connectivity index (χ4v) is 1.59. The van der Waals surface area contributed by atoms with E-state index in [1.54, 1.807) is 7.11 Å². The molecule has 0 bridgehead atoms. The van der Waals surface area contributed by atoms with Crippen molar-refractivity contribution in [2.45, 2.75) is 45.4 Å². The van der Waals surface area contributed by atoms with Crippen LogP contribution in [0.5, 0.6) is 5.75 Å². The van der Waals surface area contributed by atoms with Gasteiger partial charge in [-0.25, -0.2) is 0 Å². The maximum Gasteiger partial charge on any atom is 0.119 e. The summed E-state index contributed by atoms with van der Waals surface area (Å²) >= 11 is 0. The molecule has 1 aromatic carbocycles. The third-order valence-electron chi connectivity index (χ3n) is 3.15. The molecule has 0 aliphatic rings. The van der Waals surface area contributed by atoms with Gasteiger partial charge in [-0.2, -0.15) is 0 Å². The summed E-state index contributed by atoms with van der Waals surface area (Å²) < 4.78 is 5.20. The van der Waals surface area contributed by atoms with Gasteiger partial charge in [0.25, 0.3) is 0 Å². The molecule has 1 rings (SSSR count). The van der Waals surface area contributed by atoms with E-state index in [9.17, 15) is 5.11 Å². The summed E-state index contributed by atoms with van der Waals surface area (Å²) in [5, 5.41) is 13.3. The van der Waals surface area contributed by atoms with E-state index < -0.39 is 5.60 Å². The first kappa shape index (κ1) is 14.0. The topological polar surface area (TPSA) is 41.5 Å². The molecule has 1 aromatic rings. The average molecular weight is 237 g/mol. The van der Waals surface area contributed by atoms with Gasteiger partial charge in [0.1, 0.15) is 5.75 Å². The van der Waals surface area contributed by atoms with Gasteiger partial charge in [0, 0.05) is 12.1 Å². The second kappa shape index (κ2) is 5.52. The lowest BCUT2D eigenvalue weighted by molar-refractivity contribution is 0.0405. The van der Waals surface area contributed by atoms with Gasteiger partial charge in [0.15, 0.2) is 0 Å². The zero-order valence-corrected chi connectivity index (χ0v) is 11.3. The van der Waals surface area contributed by atoms with Gasteiger partial charge < -0.3 is 15.2 Å². The van der Waals surface area contributed by atoms with Crippen LogP contribution in [-0.4, -0.2) is 23.9 Å². The number of methoxy groups -OCH3 is 1. The third-order valence-corrected chi connectivity index (χ3v) is 3.15. The Balaban J connectivity index is 2.72. The number of rotatable bonds is 5. The molecule has 1 unspecified atom stereocenters. The number of hydrogen-bond acceptors (Lipinski definition) is 3. The van der Waals surface area contributed by atoms with E-state index >= 15 is 0 Å². The lowest BCUT2D eigenvalue weighted by atomic mass is 9.98. The van der Waals surface area contributed by atoms with Gasteiger partial charge in [0.05, 0.1) is 12.7 Å². The van der Waals surface area contributed by atoms with E-state index in [0.29, 0.717) is 0 Å². The molecule has 0 aliphatic heterocycles. The number of aliphatic hydroxyl groups is 1. The van der Waals surface area contributed by atoms with Gasteiger partial charge in [-0.15, -0.1) is 0 Å². The molecule has 0 saturated heterocycles. The van der Waals surface area contributed by atoms with Crippen molar-refractivity contribution in [2.24, 2.45) is 0 Å². The number of nitrogens with one attached hydrogen (secondary N) is 1. The van der Waals surface area contributed by atoms with Crippen LogP contribution in [0.4, 0.5) is 0 Å². The molecule has 0 spiro atoms.